The summed E-state index contributed by atoms with van der Waals surface area (Å²) in [5, 5.41) is 0. The number of nitrogens with zero attached hydrogens (tertiary/aromatic N) is 3. The molecule has 3 aliphatic rings. The van der Waals surface area contributed by atoms with Gasteiger partial charge in [0.05, 0.1) is 6.04 Å². The number of likely N-dealkylation sites (tertiary alicyclic amines) is 1. The van der Waals surface area contributed by atoms with Gasteiger partial charge in [-0.15, -0.1) is 0 Å². The highest BCUT2D eigenvalue weighted by Gasteiger charge is 2.38. The van der Waals surface area contributed by atoms with Crippen LogP contribution in [-0.2, 0) is 9.59 Å². The maximum atomic E-state index is 12.6. The molecule has 23 heavy (non-hydrogen) atoms. The lowest BCUT2D eigenvalue weighted by molar-refractivity contribution is -0.141. The minimum absolute atomic E-state index is 0.0584. The summed E-state index contributed by atoms with van der Waals surface area (Å²) in [6.07, 6.45) is 5.39. The Hall–Kier alpha value is -1.10. The Labute approximate surface area is 140 Å². The van der Waals surface area contributed by atoms with Crippen molar-refractivity contribution in [2.45, 2.75) is 52.0 Å². The molecule has 0 aromatic rings. The van der Waals surface area contributed by atoms with Crippen molar-refractivity contribution in [3.05, 3.63) is 0 Å². The molecule has 0 aromatic heterocycles. The van der Waals surface area contributed by atoms with E-state index in [0.717, 1.165) is 65.0 Å². The summed E-state index contributed by atoms with van der Waals surface area (Å²) in [5.41, 5.74) is 0. The zero-order chi connectivity index (χ0) is 16.4. The van der Waals surface area contributed by atoms with E-state index in [1.807, 2.05) is 9.80 Å². The van der Waals surface area contributed by atoms with Crippen LogP contribution in [0.2, 0.25) is 0 Å². The molecule has 130 valence electrons. The maximum absolute atomic E-state index is 12.6. The van der Waals surface area contributed by atoms with Crippen LogP contribution in [0.15, 0.2) is 0 Å². The van der Waals surface area contributed by atoms with Gasteiger partial charge in [0.25, 0.3) is 0 Å². The van der Waals surface area contributed by atoms with Gasteiger partial charge in [0, 0.05) is 45.2 Å². The van der Waals surface area contributed by atoms with E-state index in [1.165, 1.54) is 6.42 Å². The Bertz CT molecular complexity index is 440. The lowest BCUT2D eigenvalue weighted by Crippen LogP contribution is -2.55. The van der Waals surface area contributed by atoms with E-state index in [2.05, 4.69) is 18.7 Å². The first-order valence-corrected chi connectivity index (χ1v) is 9.38. The van der Waals surface area contributed by atoms with Gasteiger partial charge in [0.1, 0.15) is 0 Å². The van der Waals surface area contributed by atoms with Crippen molar-refractivity contribution in [1.29, 1.82) is 0 Å². The molecule has 5 nitrogen and oxygen atoms in total. The summed E-state index contributed by atoms with van der Waals surface area (Å²) in [4.78, 5) is 31.3. The van der Waals surface area contributed by atoms with E-state index in [-0.39, 0.29) is 6.04 Å². The predicted molar refractivity (Wildman–Crippen MR) is 89.9 cm³/mol. The molecule has 2 amide bonds. The van der Waals surface area contributed by atoms with E-state index >= 15 is 0 Å². The minimum atomic E-state index is 0.0584. The van der Waals surface area contributed by atoms with Crippen LogP contribution >= 0.6 is 0 Å². The van der Waals surface area contributed by atoms with Crippen LogP contribution < -0.4 is 0 Å². The fourth-order valence-corrected chi connectivity index (χ4v) is 3.86. The molecular formula is C18H31N3O2. The van der Waals surface area contributed by atoms with E-state index in [0.29, 0.717) is 23.7 Å². The number of hydrogen-bond acceptors (Lipinski definition) is 3. The molecule has 0 aromatic carbocycles. The number of amides is 2. The summed E-state index contributed by atoms with van der Waals surface area (Å²) >= 11 is 0. The van der Waals surface area contributed by atoms with Crippen LogP contribution in [0.4, 0.5) is 0 Å². The molecular weight excluding hydrogens is 290 g/mol. The Morgan fingerprint density at radius 1 is 1.09 bits per heavy atom. The second-order valence-electron chi connectivity index (χ2n) is 7.80. The van der Waals surface area contributed by atoms with Crippen molar-refractivity contribution < 1.29 is 9.59 Å². The summed E-state index contributed by atoms with van der Waals surface area (Å²) in [7, 11) is 0. The van der Waals surface area contributed by atoms with Gasteiger partial charge in [-0.2, -0.15) is 0 Å². The molecule has 1 atom stereocenters. The van der Waals surface area contributed by atoms with Gasteiger partial charge in [0.15, 0.2) is 0 Å². The van der Waals surface area contributed by atoms with E-state index < -0.39 is 0 Å². The second-order valence-corrected chi connectivity index (χ2v) is 7.80. The molecule has 1 saturated carbocycles. The number of piperazine rings is 1. The van der Waals surface area contributed by atoms with E-state index in [9.17, 15) is 9.59 Å². The second kappa shape index (κ2) is 7.20. The predicted octanol–water partition coefficient (Wildman–Crippen LogP) is 1.58. The fraction of sp³-hybridized carbons (Fsp3) is 0.889. The summed E-state index contributed by atoms with van der Waals surface area (Å²) in [6, 6.07) is 0.0584. The first-order chi connectivity index (χ1) is 11.1. The number of carbonyl (C=O) groups excluding carboxylic acids is 2. The monoisotopic (exact) mass is 321 g/mol. The molecule has 3 rings (SSSR count). The molecule has 0 spiro atoms. The third kappa shape index (κ3) is 3.70. The topological polar surface area (TPSA) is 43.9 Å². The standard InChI is InChI=1S/C18H31N3O2/c1-14(2)6-8-20-9-7-16(18(20)23)19-10-12-21(13-11-19)17(22)15-4-3-5-15/h14-16H,3-13H2,1-2H3. The minimum Gasteiger partial charge on any atom is -0.341 e. The van der Waals surface area contributed by atoms with E-state index in [4.69, 9.17) is 0 Å². The third-order valence-corrected chi connectivity index (χ3v) is 5.77. The number of rotatable bonds is 5. The smallest absolute Gasteiger partial charge is 0.239 e. The molecule has 0 radical (unpaired) electrons. The third-order valence-electron chi connectivity index (χ3n) is 5.77. The lowest BCUT2D eigenvalue weighted by Gasteiger charge is -2.39. The summed E-state index contributed by atoms with van der Waals surface area (Å²) in [6.45, 7) is 9.51. The zero-order valence-corrected chi connectivity index (χ0v) is 14.7. The largest absolute Gasteiger partial charge is 0.341 e. The van der Waals surface area contributed by atoms with Gasteiger partial charge >= 0.3 is 0 Å². The highest BCUT2D eigenvalue weighted by molar-refractivity contribution is 5.84. The summed E-state index contributed by atoms with van der Waals surface area (Å²) < 4.78 is 0. The Balaban J connectivity index is 1.46. The molecule has 2 aliphatic heterocycles. The van der Waals surface area contributed by atoms with Crippen molar-refractivity contribution in [2.24, 2.45) is 11.8 Å². The molecule has 2 heterocycles. The van der Waals surface area contributed by atoms with E-state index in [1.54, 1.807) is 0 Å². The number of hydrogen-bond donors (Lipinski definition) is 0. The first-order valence-electron chi connectivity index (χ1n) is 9.38. The van der Waals surface area contributed by atoms with Crippen LogP contribution in [0.5, 0.6) is 0 Å². The Morgan fingerprint density at radius 3 is 2.35 bits per heavy atom. The molecule has 1 unspecified atom stereocenters. The van der Waals surface area contributed by atoms with Crippen molar-refractivity contribution in [1.82, 2.24) is 14.7 Å². The van der Waals surface area contributed by atoms with Gasteiger partial charge in [-0.3, -0.25) is 14.5 Å². The molecule has 0 N–H and O–H groups in total. The van der Waals surface area contributed by atoms with Crippen LogP contribution in [-0.4, -0.2) is 71.8 Å². The van der Waals surface area contributed by atoms with Crippen LogP contribution in [0.25, 0.3) is 0 Å². The highest BCUT2D eigenvalue weighted by Crippen LogP contribution is 2.29. The molecule has 0 bridgehead atoms. The first kappa shape index (κ1) is 16.7. The Kier molecular flexibility index (Phi) is 5.24. The highest BCUT2D eigenvalue weighted by atomic mass is 16.2. The zero-order valence-electron chi connectivity index (χ0n) is 14.7. The lowest BCUT2D eigenvalue weighted by atomic mass is 9.84. The number of carbonyl (C=O) groups is 2. The van der Waals surface area contributed by atoms with Crippen LogP contribution in [0.1, 0.15) is 46.0 Å². The SMILES string of the molecule is CC(C)CCN1CCC(N2CCN(C(=O)C3CCC3)CC2)C1=O. The molecule has 1 aliphatic carbocycles. The molecule has 3 fully saturated rings. The van der Waals surface area contributed by atoms with Crippen molar-refractivity contribution in [3.8, 4) is 0 Å². The van der Waals surface area contributed by atoms with Gasteiger partial charge < -0.3 is 9.80 Å². The normalized spacial score (nSPS) is 26.9. The van der Waals surface area contributed by atoms with Crippen LogP contribution in [0, 0.1) is 11.8 Å². The summed E-state index contributed by atoms with van der Waals surface area (Å²) in [5.74, 6) is 1.60. The average molecular weight is 321 g/mol. The Morgan fingerprint density at radius 2 is 1.78 bits per heavy atom. The molecule has 2 saturated heterocycles. The van der Waals surface area contributed by atoms with Crippen LogP contribution in [0.3, 0.4) is 0 Å². The van der Waals surface area contributed by atoms with Crippen molar-refractivity contribution in [3.63, 3.8) is 0 Å². The maximum Gasteiger partial charge on any atom is 0.239 e. The van der Waals surface area contributed by atoms with Crippen molar-refractivity contribution in [2.75, 3.05) is 39.3 Å². The molecule has 5 heteroatoms. The quantitative estimate of drug-likeness (QED) is 0.772. The average Bonchev–Trinajstić information content (AvgIpc) is 2.84. The van der Waals surface area contributed by atoms with Gasteiger partial charge in [-0.25, -0.2) is 0 Å². The fourth-order valence-electron chi connectivity index (χ4n) is 3.86. The van der Waals surface area contributed by atoms with Gasteiger partial charge in [-0.1, -0.05) is 20.3 Å². The van der Waals surface area contributed by atoms with Crippen molar-refractivity contribution >= 4 is 11.8 Å². The van der Waals surface area contributed by atoms with Gasteiger partial charge in [-0.05, 0) is 31.6 Å². The van der Waals surface area contributed by atoms with Gasteiger partial charge in [0.2, 0.25) is 11.8 Å².